The number of halogens is 1. The molecule has 3 nitrogen and oxygen atoms in total. The second-order valence-electron chi connectivity index (χ2n) is 7.20. The van der Waals surface area contributed by atoms with Crippen LogP contribution in [0.2, 0.25) is 0 Å². The quantitative estimate of drug-likeness (QED) is 0.757. The molecule has 118 valence electrons. The van der Waals surface area contributed by atoms with Crippen molar-refractivity contribution in [2.75, 3.05) is 13.1 Å². The van der Waals surface area contributed by atoms with Crippen LogP contribution in [-0.2, 0) is 19.9 Å². The zero-order valence-corrected chi connectivity index (χ0v) is 15.2. The molecule has 0 saturated heterocycles. The van der Waals surface area contributed by atoms with Crippen molar-refractivity contribution < 1.29 is 0 Å². The van der Waals surface area contributed by atoms with E-state index in [9.17, 15) is 0 Å². The fourth-order valence-corrected chi connectivity index (χ4v) is 5.01. The summed E-state index contributed by atoms with van der Waals surface area (Å²) in [7, 11) is 2.10. The van der Waals surface area contributed by atoms with Crippen molar-refractivity contribution in [3.8, 4) is 0 Å². The first-order valence-electron chi connectivity index (χ1n) is 8.49. The standard InChI is InChI=1S/C17H28BrN3/c1-4-6-19-11-17(8-12-7-13(12)9-17)10-15-16(18)14(5-2)20-21(15)3/h12-13,19H,4-11H2,1-3H3. The summed E-state index contributed by atoms with van der Waals surface area (Å²) in [6.07, 6.45) is 7.70. The van der Waals surface area contributed by atoms with E-state index >= 15 is 0 Å². The van der Waals surface area contributed by atoms with Gasteiger partial charge in [0, 0.05) is 13.6 Å². The summed E-state index contributed by atoms with van der Waals surface area (Å²) < 4.78 is 3.36. The van der Waals surface area contributed by atoms with E-state index < -0.39 is 0 Å². The zero-order valence-electron chi connectivity index (χ0n) is 13.6. The Morgan fingerprint density at radius 3 is 2.62 bits per heavy atom. The lowest BCUT2D eigenvalue weighted by molar-refractivity contribution is 0.243. The molecule has 0 aliphatic heterocycles. The molecule has 2 aliphatic rings. The van der Waals surface area contributed by atoms with Crippen LogP contribution in [0.15, 0.2) is 4.47 Å². The Kier molecular flexibility index (Phi) is 4.47. The monoisotopic (exact) mass is 353 g/mol. The number of nitrogens with one attached hydrogen (secondary N) is 1. The Bertz CT molecular complexity index is 498. The van der Waals surface area contributed by atoms with Crippen LogP contribution < -0.4 is 5.32 Å². The van der Waals surface area contributed by atoms with Crippen molar-refractivity contribution in [2.45, 2.75) is 52.4 Å². The van der Waals surface area contributed by atoms with Gasteiger partial charge in [0.1, 0.15) is 0 Å². The highest BCUT2D eigenvalue weighted by atomic mass is 79.9. The van der Waals surface area contributed by atoms with Gasteiger partial charge in [-0.3, -0.25) is 4.68 Å². The summed E-state index contributed by atoms with van der Waals surface area (Å²) in [4.78, 5) is 0. The average Bonchev–Trinajstić information content (AvgIpc) is 3.00. The molecule has 2 atom stereocenters. The Balaban J connectivity index is 1.77. The highest BCUT2D eigenvalue weighted by Crippen LogP contribution is 2.60. The summed E-state index contributed by atoms with van der Waals surface area (Å²) in [6.45, 7) is 6.74. The first kappa shape index (κ1) is 15.5. The number of hydrogen-bond donors (Lipinski definition) is 1. The molecule has 0 bridgehead atoms. The molecule has 0 spiro atoms. The molecule has 0 radical (unpaired) electrons. The maximum absolute atomic E-state index is 4.68. The fraction of sp³-hybridized carbons (Fsp3) is 0.824. The summed E-state index contributed by atoms with van der Waals surface area (Å²) in [5.74, 6) is 2.04. The van der Waals surface area contributed by atoms with E-state index in [0.717, 1.165) is 24.8 Å². The summed E-state index contributed by atoms with van der Waals surface area (Å²) >= 11 is 3.80. The van der Waals surface area contributed by atoms with Gasteiger partial charge >= 0.3 is 0 Å². The van der Waals surface area contributed by atoms with Gasteiger partial charge in [-0.2, -0.15) is 5.10 Å². The third kappa shape index (κ3) is 3.07. The van der Waals surface area contributed by atoms with Crippen LogP contribution in [-0.4, -0.2) is 22.9 Å². The molecule has 3 rings (SSSR count). The van der Waals surface area contributed by atoms with Crippen molar-refractivity contribution in [1.82, 2.24) is 15.1 Å². The summed E-state index contributed by atoms with van der Waals surface area (Å²) in [6, 6.07) is 0. The van der Waals surface area contributed by atoms with Crippen molar-refractivity contribution in [2.24, 2.45) is 24.3 Å². The largest absolute Gasteiger partial charge is 0.316 e. The number of rotatable bonds is 7. The molecule has 21 heavy (non-hydrogen) atoms. The van der Waals surface area contributed by atoms with E-state index in [1.807, 2.05) is 0 Å². The molecule has 0 amide bonds. The van der Waals surface area contributed by atoms with Crippen molar-refractivity contribution in [1.29, 1.82) is 0 Å². The molecular formula is C17H28BrN3. The first-order valence-corrected chi connectivity index (χ1v) is 9.29. The van der Waals surface area contributed by atoms with Crippen molar-refractivity contribution in [3.05, 3.63) is 15.9 Å². The van der Waals surface area contributed by atoms with E-state index in [4.69, 9.17) is 0 Å². The Morgan fingerprint density at radius 2 is 2.05 bits per heavy atom. The maximum Gasteiger partial charge on any atom is 0.0766 e. The van der Waals surface area contributed by atoms with Crippen LogP contribution in [0, 0.1) is 17.3 Å². The number of hydrogen-bond acceptors (Lipinski definition) is 2. The number of fused-ring (bicyclic) bond motifs is 1. The fourth-order valence-electron chi connectivity index (χ4n) is 4.25. The Hall–Kier alpha value is -0.350. The van der Waals surface area contributed by atoms with Crippen LogP contribution in [0.1, 0.15) is 50.9 Å². The average molecular weight is 354 g/mol. The minimum atomic E-state index is 0.462. The Labute approximate surface area is 137 Å². The van der Waals surface area contributed by atoms with Gasteiger partial charge in [0.15, 0.2) is 0 Å². The van der Waals surface area contributed by atoms with E-state index in [1.165, 1.54) is 54.5 Å². The van der Waals surface area contributed by atoms with Gasteiger partial charge in [-0.15, -0.1) is 0 Å². The van der Waals surface area contributed by atoms with Crippen molar-refractivity contribution >= 4 is 15.9 Å². The summed E-state index contributed by atoms with van der Waals surface area (Å²) in [5.41, 5.74) is 3.06. The molecule has 4 heteroatoms. The highest BCUT2D eigenvalue weighted by molar-refractivity contribution is 9.10. The molecule has 1 N–H and O–H groups in total. The topological polar surface area (TPSA) is 29.9 Å². The second kappa shape index (κ2) is 6.04. The van der Waals surface area contributed by atoms with Gasteiger partial charge in [0.25, 0.3) is 0 Å². The van der Waals surface area contributed by atoms with Gasteiger partial charge in [-0.25, -0.2) is 0 Å². The van der Waals surface area contributed by atoms with E-state index in [1.54, 1.807) is 0 Å². The molecule has 0 aromatic carbocycles. The molecule has 1 aromatic heterocycles. The zero-order chi connectivity index (χ0) is 15.0. The molecular weight excluding hydrogens is 326 g/mol. The normalized spacial score (nSPS) is 30.7. The molecule has 2 unspecified atom stereocenters. The molecule has 1 aromatic rings. The highest BCUT2D eigenvalue weighted by Gasteiger charge is 2.53. The van der Waals surface area contributed by atoms with Gasteiger partial charge in [0.05, 0.1) is 15.9 Å². The SMILES string of the molecule is CCCNCC1(Cc2c(Br)c(CC)nn2C)CC2CC2C1. The van der Waals surface area contributed by atoms with Crippen LogP contribution >= 0.6 is 15.9 Å². The Morgan fingerprint density at radius 1 is 1.33 bits per heavy atom. The van der Waals surface area contributed by atoms with Gasteiger partial charge < -0.3 is 5.32 Å². The van der Waals surface area contributed by atoms with Crippen molar-refractivity contribution in [3.63, 3.8) is 0 Å². The third-order valence-electron chi connectivity index (χ3n) is 5.43. The van der Waals surface area contributed by atoms with Crippen LogP contribution in [0.4, 0.5) is 0 Å². The number of aromatic nitrogens is 2. The smallest absolute Gasteiger partial charge is 0.0766 e. The van der Waals surface area contributed by atoms with E-state index in [-0.39, 0.29) is 0 Å². The maximum atomic E-state index is 4.68. The minimum Gasteiger partial charge on any atom is -0.316 e. The number of aryl methyl sites for hydroxylation is 2. The first-order chi connectivity index (χ1) is 10.1. The predicted octanol–water partition coefficient (Wildman–Crippen LogP) is 3.70. The predicted molar refractivity (Wildman–Crippen MR) is 90.4 cm³/mol. The number of nitrogens with zero attached hydrogens (tertiary/aromatic N) is 2. The summed E-state index contributed by atoms with van der Waals surface area (Å²) in [5, 5.41) is 8.37. The molecule has 1 heterocycles. The van der Waals surface area contributed by atoms with E-state index in [0.29, 0.717) is 5.41 Å². The van der Waals surface area contributed by atoms with E-state index in [2.05, 4.69) is 51.9 Å². The third-order valence-corrected chi connectivity index (χ3v) is 6.35. The molecule has 2 saturated carbocycles. The van der Waals surface area contributed by atoms with Crippen LogP contribution in [0.25, 0.3) is 0 Å². The van der Waals surface area contributed by atoms with Crippen LogP contribution in [0.3, 0.4) is 0 Å². The minimum absolute atomic E-state index is 0.462. The van der Waals surface area contributed by atoms with Crippen LogP contribution in [0.5, 0.6) is 0 Å². The lowest BCUT2D eigenvalue weighted by Gasteiger charge is -2.31. The van der Waals surface area contributed by atoms with Gasteiger partial charge in [-0.1, -0.05) is 13.8 Å². The molecule has 2 fully saturated rings. The van der Waals surface area contributed by atoms with Gasteiger partial charge in [-0.05, 0) is 78.3 Å². The lowest BCUT2D eigenvalue weighted by atomic mass is 9.78. The molecule has 2 aliphatic carbocycles. The second-order valence-corrected chi connectivity index (χ2v) is 8.00. The lowest BCUT2D eigenvalue weighted by Crippen LogP contribution is -2.36. The van der Waals surface area contributed by atoms with Gasteiger partial charge in [0.2, 0.25) is 0 Å².